The molecule has 0 aromatic rings. The first-order valence-electron chi connectivity index (χ1n) is 8.73. The van der Waals surface area contributed by atoms with Crippen LogP contribution in [0.25, 0.3) is 0 Å². The Kier molecular flexibility index (Phi) is 3.96. The molecular formula is C19H20ClN3O4. The van der Waals surface area contributed by atoms with E-state index in [1.54, 1.807) is 11.0 Å². The molecule has 0 unspecified atom stereocenters. The number of carbonyl (C=O) groups is 3. The number of aliphatic hydroxyl groups is 1. The lowest BCUT2D eigenvalue weighted by molar-refractivity contribution is -0.143. The van der Waals surface area contributed by atoms with Gasteiger partial charge in [-0.15, -0.1) is 0 Å². The zero-order valence-electron chi connectivity index (χ0n) is 14.8. The average molecular weight is 390 g/mol. The highest BCUT2D eigenvalue weighted by molar-refractivity contribution is 6.31. The van der Waals surface area contributed by atoms with E-state index < -0.39 is 41.3 Å². The summed E-state index contributed by atoms with van der Waals surface area (Å²) in [5.74, 6) is -2.66. The third kappa shape index (κ3) is 2.07. The van der Waals surface area contributed by atoms with Crippen molar-refractivity contribution in [3.63, 3.8) is 0 Å². The number of hydrogen-bond acceptors (Lipinski definition) is 5. The lowest BCUT2D eigenvalue weighted by atomic mass is 9.74. The summed E-state index contributed by atoms with van der Waals surface area (Å²) in [5, 5.41) is 13.3. The molecule has 4 rings (SSSR count). The SMILES string of the molecule is C=CC1=C(/C=C(/Cl)C=C)[C@@]2(C(=O)N1)[C@H]1C(=O)N(C)C(=O)[C@H]1[C@H]1C[C@H](O)CN12. The molecule has 5 atom stereocenters. The highest BCUT2D eigenvalue weighted by Gasteiger charge is 2.75. The van der Waals surface area contributed by atoms with Gasteiger partial charge >= 0.3 is 0 Å². The van der Waals surface area contributed by atoms with Crippen LogP contribution < -0.4 is 5.32 Å². The Balaban J connectivity index is 2.00. The van der Waals surface area contributed by atoms with Gasteiger partial charge in [0.1, 0.15) is 5.54 Å². The van der Waals surface area contributed by atoms with Gasteiger partial charge in [-0.1, -0.05) is 30.8 Å². The molecule has 0 bridgehead atoms. The van der Waals surface area contributed by atoms with Gasteiger partial charge in [0.05, 0.1) is 17.9 Å². The monoisotopic (exact) mass is 389 g/mol. The summed E-state index contributed by atoms with van der Waals surface area (Å²) >= 11 is 6.19. The van der Waals surface area contributed by atoms with Crippen molar-refractivity contribution in [2.45, 2.75) is 24.1 Å². The maximum atomic E-state index is 13.3. The van der Waals surface area contributed by atoms with Crippen LogP contribution in [0.4, 0.5) is 0 Å². The van der Waals surface area contributed by atoms with Gasteiger partial charge < -0.3 is 10.4 Å². The van der Waals surface area contributed by atoms with E-state index in [4.69, 9.17) is 11.6 Å². The Morgan fingerprint density at radius 3 is 2.67 bits per heavy atom. The summed E-state index contributed by atoms with van der Waals surface area (Å²) in [6.45, 7) is 7.58. The zero-order chi connectivity index (χ0) is 19.7. The minimum atomic E-state index is -1.41. The Bertz CT molecular complexity index is 863. The van der Waals surface area contributed by atoms with E-state index in [1.165, 1.54) is 19.2 Å². The molecule has 4 aliphatic rings. The van der Waals surface area contributed by atoms with E-state index >= 15 is 0 Å². The zero-order valence-corrected chi connectivity index (χ0v) is 15.6. The molecule has 4 aliphatic heterocycles. The fourth-order valence-corrected chi connectivity index (χ4v) is 5.29. The Morgan fingerprint density at radius 1 is 1.33 bits per heavy atom. The number of allylic oxidation sites excluding steroid dienone is 3. The van der Waals surface area contributed by atoms with Gasteiger partial charge in [0.2, 0.25) is 17.7 Å². The number of amides is 3. The van der Waals surface area contributed by atoms with Crippen LogP contribution in [0.15, 0.2) is 47.7 Å². The molecule has 2 N–H and O–H groups in total. The normalized spacial score (nSPS) is 38.7. The fraction of sp³-hybridized carbons (Fsp3) is 0.421. The van der Waals surface area contributed by atoms with Crippen molar-refractivity contribution in [1.82, 2.24) is 15.1 Å². The van der Waals surface area contributed by atoms with E-state index in [-0.39, 0.29) is 12.5 Å². The first-order chi connectivity index (χ1) is 12.8. The molecule has 0 radical (unpaired) electrons. The van der Waals surface area contributed by atoms with Crippen molar-refractivity contribution < 1.29 is 19.5 Å². The summed E-state index contributed by atoms with van der Waals surface area (Å²) in [7, 11) is 1.43. The van der Waals surface area contributed by atoms with Crippen molar-refractivity contribution >= 4 is 29.3 Å². The standard InChI is InChI=1S/C19H20ClN3O4/c1-4-9(20)6-11-12(5-2)21-18(27)19(11)15-14(16(25)22(3)17(15)26)13-7-10(24)8-23(13)19/h4-6,10,13-15,24H,1-2,7-8H2,3H3,(H,21,27)/b9-6+/t10-,13+,14-,15+,19-/m0/s1. The van der Waals surface area contributed by atoms with Crippen LogP contribution in [-0.4, -0.2) is 63.9 Å². The summed E-state index contributed by atoms with van der Waals surface area (Å²) in [5.41, 5.74) is -0.484. The third-order valence-corrected chi connectivity index (χ3v) is 6.45. The Labute approximate surface area is 161 Å². The van der Waals surface area contributed by atoms with Gasteiger partial charge in [-0.05, 0) is 18.6 Å². The number of fused-ring (bicyclic) bond motifs is 5. The van der Waals surface area contributed by atoms with Crippen molar-refractivity contribution in [2.24, 2.45) is 11.8 Å². The number of hydrogen-bond donors (Lipinski definition) is 2. The van der Waals surface area contributed by atoms with E-state index in [0.717, 1.165) is 4.90 Å². The molecule has 4 heterocycles. The second-order valence-corrected chi connectivity index (χ2v) is 7.77. The van der Waals surface area contributed by atoms with Crippen LogP contribution in [0, 0.1) is 11.8 Å². The number of imide groups is 1. The first-order valence-corrected chi connectivity index (χ1v) is 9.11. The first kappa shape index (κ1) is 18.2. The van der Waals surface area contributed by atoms with Gasteiger partial charge in [0.15, 0.2) is 0 Å². The number of rotatable bonds is 3. The minimum Gasteiger partial charge on any atom is -0.392 e. The van der Waals surface area contributed by atoms with E-state index in [2.05, 4.69) is 18.5 Å². The second-order valence-electron chi connectivity index (χ2n) is 7.33. The maximum Gasteiger partial charge on any atom is 0.250 e. The quantitative estimate of drug-likeness (QED) is 0.534. The highest BCUT2D eigenvalue weighted by Crippen LogP contribution is 2.57. The molecule has 0 saturated carbocycles. The minimum absolute atomic E-state index is 0.197. The molecule has 3 amide bonds. The molecule has 0 aromatic heterocycles. The molecule has 3 saturated heterocycles. The van der Waals surface area contributed by atoms with E-state index in [1.807, 2.05) is 0 Å². The summed E-state index contributed by atoms with van der Waals surface area (Å²) < 4.78 is 0. The van der Waals surface area contributed by atoms with Crippen LogP contribution in [0.1, 0.15) is 6.42 Å². The van der Waals surface area contributed by atoms with E-state index in [0.29, 0.717) is 22.7 Å². The predicted molar refractivity (Wildman–Crippen MR) is 98.1 cm³/mol. The van der Waals surface area contributed by atoms with Crippen LogP contribution in [0.3, 0.4) is 0 Å². The lowest BCUT2D eigenvalue weighted by Gasteiger charge is -2.37. The summed E-state index contributed by atoms with van der Waals surface area (Å²) in [6, 6.07) is -0.396. The van der Waals surface area contributed by atoms with Crippen LogP contribution >= 0.6 is 11.6 Å². The second kappa shape index (κ2) is 5.89. The summed E-state index contributed by atoms with van der Waals surface area (Å²) in [4.78, 5) is 42.0. The fourth-order valence-electron chi connectivity index (χ4n) is 5.18. The molecule has 0 aliphatic carbocycles. The predicted octanol–water partition coefficient (Wildman–Crippen LogP) is 0.284. The molecule has 142 valence electrons. The molecule has 1 spiro atoms. The van der Waals surface area contributed by atoms with Crippen molar-refractivity contribution in [3.05, 3.63) is 47.7 Å². The maximum absolute atomic E-state index is 13.3. The Morgan fingerprint density at radius 2 is 2.04 bits per heavy atom. The van der Waals surface area contributed by atoms with Crippen LogP contribution in [0.5, 0.6) is 0 Å². The molecule has 7 nitrogen and oxygen atoms in total. The number of nitrogens with one attached hydrogen (secondary N) is 1. The number of aliphatic hydroxyl groups excluding tert-OH is 1. The van der Waals surface area contributed by atoms with Gasteiger partial charge in [-0.25, -0.2) is 0 Å². The van der Waals surface area contributed by atoms with Gasteiger partial charge in [-0.3, -0.25) is 24.2 Å². The number of nitrogens with zero attached hydrogens (tertiary/aromatic N) is 2. The van der Waals surface area contributed by atoms with Crippen molar-refractivity contribution in [3.8, 4) is 0 Å². The molecule has 27 heavy (non-hydrogen) atoms. The molecule has 8 heteroatoms. The van der Waals surface area contributed by atoms with Gasteiger partial charge in [0, 0.05) is 35.9 Å². The number of likely N-dealkylation sites (tertiary alicyclic amines) is 1. The molecular weight excluding hydrogens is 370 g/mol. The topological polar surface area (TPSA) is 90.0 Å². The lowest BCUT2D eigenvalue weighted by Crippen LogP contribution is -2.58. The smallest absolute Gasteiger partial charge is 0.250 e. The van der Waals surface area contributed by atoms with Crippen molar-refractivity contribution in [1.29, 1.82) is 0 Å². The number of halogens is 1. The molecule has 0 aromatic carbocycles. The van der Waals surface area contributed by atoms with Crippen LogP contribution in [0.2, 0.25) is 0 Å². The number of carbonyl (C=O) groups excluding carboxylic acids is 3. The van der Waals surface area contributed by atoms with E-state index in [9.17, 15) is 19.5 Å². The number of β-amino-alcohol motifs (C(OH)–C–C–N with tert-alkyl or cyclic N) is 1. The highest BCUT2D eigenvalue weighted by atomic mass is 35.5. The van der Waals surface area contributed by atoms with Crippen LogP contribution in [-0.2, 0) is 14.4 Å². The molecule has 3 fully saturated rings. The van der Waals surface area contributed by atoms with Gasteiger partial charge in [0.25, 0.3) is 0 Å². The third-order valence-electron chi connectivity index (χ3n) is 6.19. The largest absolute Gasteiger partial charge is 0.392 e. The Hall–Kier alpha value is -2.22. The van der Waals surface area contributed by atoms with Crippen molar-refractivity contribution in [2.75, 3.05) is 13.6 Å². The van der Waals surface area contributed by atoms with Gasteiger partial charge in [-0.2, -0.15) is 0 Å². The average Bonchev–Trinajstić information content (AvgIpc) is 3.29. The summed E-state index contributed by atoms with van der Waals surface area (Å²) in [6.07, 6.45) is 4.16.